The summed E-state index contributed by atoms with van der Waals surface area (Å²) in [7, 11) is 0. The Balaban J connectivity index is 2.55. The van der Waals surface area contributed by atoms with Crippen LogP contribution in [0.2, 0.25) is 0 Å². The molecular formula is C13H12ClN3. The Bertz CT molecular complexity index is 535. The maximum Gasteiger partial charge on any atom is 0.137 e. The highest BCUT2D eigenvalue weighted by atomic mass is 35.5. The molecule has 0 saturated heterocycles. The van der Waals surface area contributed by atoms with Gasteiger partial charge in [-0.3, -0.25) is 0 Å². The number of nitrogen functional groups attached to an aromatic ring is 1. The van der Waals surface area contributed by atoms with Gasteiger partial charge in [-0.1, -0.05) is 23.7 Å². The van der Waals surface area contributed by atoms with Crippen LogP contribution >= 0.6 is 11.6 Å². The van der Waals surface area contributed by atoms with E-state index in [1.165, 1.54) is 0 Å². The lowest BCUT2D eigenvalue weighted by Gasteiger charge is -2.21. The van der Waals surface area contributed by atoms with E-state index >= 15 is 0 Å². The van der Waals surface area contributed by atoms with Gasteiger partial charge < -0.3 is 11.1 Å². The topological polar surface area (TPSA) is 61.8 Å². The van der Waals surface area contributed by atoms with Crippen LogP contribution in [0.25, 0.3) is 5.57 Å². The van der Waals surface area contributed by atoms with Crippen LogP contribution in [0.5, 0.6) is 0 Å². The number of hydrogen-bond donors (Lipinski definition) is 2. The monoisotopic (exact) mass is 245 g/mol. The van der Waals surface area contributed by atoms with Crippen LogP contribution in [0, 0.1) is 11.3 Å². The van der Waals surface area contributed by atoms with Crippen molar-refractivity contribution in [3.05, 3.63) is 47.2 Å². The summed E-state index contributed by atoms with van der Waals surface area (Å²) in [6.45, 7) is 1.92. The first-order valence-corrected chi connectivity index (χ1v) is 5.64. The number of halogens is 1. The van der Waals surface area contributed by atoms with Crippen molar-refractivity contribution in [2.75, 3.05) is 5.73 Å². The highest BCUT2D eigenvalue weighted by Crippen LogP contribution is 2.28. The van der Waals surface area contributed by atoms with Gasteiger partial charge in [-0.2, -0.15) is 5.26 Å². The molecule has 2 rings (SSSR count). The normalized spacial score (nSPS) is 19.4. The van der Waals surface area contributed by atoms with Crippen LogP contribution in [0.4, 0.5) is 5.69 Å². The SMILES string of the molecule is CC1=CC(c2ccc(N)cc2)=C(C#N)C(Cl)N1. The summed E-state index contributed by atoms with van der Waals surface area (Å²) in [5, 5.41) is 12.2. The Morgan fingerprint density at radius 2 is 2.00 bits per heavy atom. The van der Waals surface area contributed by atoms with Crippen molar-refractivity contribution in [3.63, 3.8) is 0 Å². The third-order valence-corrected chi connectivity index (χ3v) is 2.93. The van der Waals surface area contributed by atoms with Crippen LogP contribution in [0.15, 0.2) is 41.6 Å². The van der Waals surface area contributed by atoms with Gasteiger partial charge in [0.15, 0.2) is 0 Å². The van der Waals surface area contributed by atoms with Gasteiger partial charge in [0.05, 0.1) is 11.6 Å². The van der Waals surface area contributed by atoms with Crippen molar-refractivity contribution in [3.8, 4) is 6.07 Å². The molecule has 0 fully saturated rings. The zero-order chi connectivity index (χ0) is 12.4. The average Bonchev–Trinajstić information content (AvgIpc) is 2.29. The first kappa shape index (κ1) is 11.6. The minimum Gasteiger partial charge on any atom is -0.399 e. The number of alkyl halides is 1. The van der Waals surface area contributed by atoms with Crippen molar-refractivity contribution >= 4 is 22.9 Å². The van der Waals surface area contributed by atoms with Gasteiger partial charge in [-0.05, 0) is 30.7 Å². The van der Waals surface area contributed by atoms with E-state index in [1.807, 2.05) is 37.3 Å². The minimum atomic E-state index is -0.474. The van der Waals surface area contributed by atoms with Gasteiger partial charge in [0.25, 0.3) is 0 Å². The Hall–Kier alpha value is -1.92. The molecule has 0 saturated carbocycles. The Kier molecular flexibility index (Phi) is 3.08. The molecular weight excluding hydrogens is 234 g/mol. The lowest BCUT2D eigenvalue weighted by Crippen LogP contribution is -2.27. The molecule has 0 amide bonds. The second kappa shape index (κ2) is 4.52. The minimum absolute atomic E-state index is 0.474. The summed E-state index contributed by atoms with van der Waals surface area (Å²) in [5.74, 6) is 0. The summed E-state index contributed by atoms with van der Waals surface area (Å²) in [6.07, 6.45) is 1.92. The zero-order valence-electron chi connectivity index (χ0n) is 9.37. The summed E-state index contributed by atoms with van der Waals surface area (Å²) >= 11 is 6.10. The molecule has 1 unspecified atom stereocenters. The average molecular weight is 246 g/mol. The molecule has 86 valence electrons. The van der Waals surface area contributed by atoms with Crippen molar-refractivity contribution in [1.29, 1.82) is 5.26 Å². The number of hydrogen-bond acceptors (Lipinski definition) is 3. The molecule has 0 spiro atoms. The Labute approximate surface area is 105 Å². The van der Waals surface area contributed by atoms with Gasteiger partial charge in [0.1, 0.15) is 5.50 Å². The maximum atomic E-state index is 9.15. The number of nitriles is 1. The Morgan fingerprint density at radius 3 is 2.59 bits per heavy atom. The van der Waals surface area contributed by atoms with Gasteiger partial charge in [0.2, 0.25) is 0 Å². The molecule has 1 aliphatic heterocycles. The zero-order valence-corrected chi connectivity index (χ0v) is 10.1. The van der Waals surface area contributed by atoms with E-state index in [2.05, 4.69) is 11.4 Å². The lowest BCUT2D eigenvalue weighted by molar-refractivity contribution is 0.817. The second-order valence-electron chi connectivity index (χ2n) is 3.90. The number of dihydropyridines is 1. The van der Waals surface area contributed by atoms with Crippen LogP contribution in [0.3, 0.4) is 0 Å². The molecule has 0 radical (unpaired) electrons. The molecule has 17 heavy (non-hydrogen) atoms. The van der Waals surface area contributed by atoms with Crippen LogP contribution < -0.4 is 11.1 Å². The van der Waals surface area contributed by atoms with E-state index in [0.717, 1.165) is 16.8 Å². The number of nitrogens with one attached hydrogen (secondary N) is 1. The number of benzene rings is 1. The first-order chi connectivity index (χ1) is 8.11. The van der Waals surface area contributed by atoms with Crippen molar-refractivity contribution in [2.24, 2.45) is 0 Å². The fraction of sp³-hybridized carbons (Fsp3) is 0.154. The highest BCUT2D eigenvalue weighted by molar-refractivity contribution is 6.23. The van der Waals surface area contributed by atoms with Crippen molar-refractivity contribution < 1.29 is 0 Å². The molecule has 1 aliphatic rings. The number of allylic oxidation sites excluding steroid dienone is 3. The summed E-state index contributed by atoms with van der Waals surface area (Å²) < 4.78 is 0. The fourth-order valence-corrected chi connectivity index (χ4v) is 2.10. The molecule has 3 N–H and O–H groups in total. The molecule has 1 aromatic rings. The maximum absolute atomic E-state index is 9.15. The van der Waals surface area contributed by atoms with Crippen molar-refractivity contribution in [2.45, 2.75) is 12.4 Å². The third kappa shape index (κ3) is 2.27. The molecule has 1 aromatic carbocycles. The summed E-state index contributed by atoms with van der Waals surface area (Å²) in [6, 6.07) is 9.55. The van der Waals surface area contributed by atoms with Gasteiger partial charge in [0, 0.05) is 17.0 Å². The predicted octanol–water partition coefficient (Wildman–Crippen LogP) is 2.62. The molecule has 4 heteroatoms. The largest absolute Gasteiger partial charge is 0.399 e. The van der Waals surface area contributed by atoms with Crippen LogP contribution in [-0.2, 0) is 0 Å². The van der Waals surface area contributed by atoms with Gasteiger partial charge in [-0.15, -0.1) is 0 Å². The molecule has 0 aromatic heterocycles. The van der Waals surface area contributed by atoms with E-state index < -0.39 is 5.50 Å². The number of rotatable bonds is 1. The quantitative estimate of drug-likeness (QED) is 0.454. The van der Waals surface area contributed by atoms with Crippen molar-refractivity contribution in [1.82, 2.24) is 5.32 Å². The fourth-order valence-electron chi connectivity index (χ4n) is 1.76. The van der Waals surface area contributed by atoms with Crippen LogP contribution in [0.1, 0.15) is 12.5 Å². The van der Waals surface area contributed by atoms with Gasteiger partial charge >= 0.3 is 0 Å². The van der Waals surface area contributed by atoms with E-state index in [-0.39, 0.29) is 0 Å². The van der Waals surface area contributed by atoms with E-state index in [9.17, 15) is 0 Å². The molecule has 0 aliphatic carbocycles. The summed E-state index contributed by atoms with van der Waals surface area (Å²) in [4.78, 5) is 0. The lowest BCUT2D eigenvalue weighted by atomic mass is 9.96. The molecule has 3 nitrogen and oxygen atoms in total. The van der Waals surface area contributed by atoms with Crippen LogP contribution in [-0.4, -0.2) is 5.50 Å². The second-order valence-corrected chi connectivity index (χ2v) is 4.33. The number of nitrogens with zero attached hydrogens (tertiary/aromatic N) is 1. The van der Waals surface area contributed by atoms with E-state index in [0.29, 0.717) is 11.3 Å². The van der Waals surface area contributed by atoms with E-state index in [4.69, 9.17) is 22.6 Å². The smallest absolute Gasteiger partial charge is 0.137 e. The first-order valence-electron chi connectivity index (χ1n) is 5.21. The highest BCUT2D eigenvalue weighted by Gasteiger charge is 2.20. The standard InChI is InChI=1S/C13H12ClN3/c1-8-6-11(12(7-15)13(14)17-8)9-2-4-10(16)5-3-9/h2-6,13,17H,16H2,1H3. The third-order valence-electron chi connectivity index (χ3n) is 2.60. The summed E-state index contributed by atoms with van der Waals surface area (Å²) in [5.41, 5.74) is 9.14. The molecule has 0 bridgehead atoms. The number of nitrogens with two attached hydrogens (primary N) is 1. The van der Waals surface area contributed by atoms with Gasteiger partial charge in [-0.25, -0.2) is 0 Å². The molecule has 1 atom stereocenters. The van der Waals surface area contributed by atoms with E-state index in [1.54, 1.807) is 0 Å². The number of anilines is 1. The Morgan fingerprint density at radius 1 is 1.35 bits per heavy atom. The predicted molar refractivity (Wildman–Crippen MR) is 69.9 cm³/mol. The molecule has 1 heterocycles.